The van der Waals surface area contributed by atoms with E-state index < -0.39 is 5.41 Å². The van der Waals surface area contributed by atoms with Gasteiger partial charge in [0.2, 0.25) is 0 Å². The highest BCUT2D eigenvalue weighted by Gasteiger charge is 2.51. The Balaban J connectivity index is 0.959. The lowest BCUT2D eigenvalue weighted by Gasteiger charge is -2.32. The molecule has 2 aliphatic carbocycles. The van der Waals surface area contributed by atoms with Gasteiger partial charge in [0.15, 0.2) is 0 Å². The first kappa shape index (κ1) is 38.2. The number of para-hydroxylation sites is 2. The van der Waals surface area contributed by atoms with Gasteiger partial charge in [-0.25, -0.2) is 0 Å². The number of rotatable bonds is 5. The molecule has 12 aromatic carbocycles. The van der Waals surface area contributed by atoms with Crippen molar-refractivity contribution in [3.63, 3.8) is 0 Å². The van der Waals surface area contributed by atoms with E-state index >= 15 is 0 Å². The van der Waals surface area contributed by atoms with Crippen molar-refractivity contribution in [2.45, 2.75) is 5.41 Å². The monoisotopic (exact) mass is 874 g/mol. The van der Waals surface area contributed by atoms with Crippen LogP contribution in [0.4, 0.5) is 17.1 Å². The molecule has 0 aliphatic heterocycles. The smallest absolute Gasteiger partial charge is 0.0726 e. The highest BCUT2D eigenvalue weighted by Crippen LogP contribution is 2.63. The van der Waals surface area contributed by atoms with Crippen LogP contribution in [0.25, 0.3) is 93.2 Å². The number of hydrogen-bond acceptors (Lipinski definition) is 1. The molecule has 1 spiro atoms. The van der Waals surface area contributed by atoms with Gasteiger partial charge in [-0.15, -0.1) is 0 Å². The highest BCUT2D eigenvalue weighted by molar-refractivity contribution is 6.28. The molecule has 0 bridgehead atoms. The van der Waals surface area contributed by atoms with Crippen molar-refractivity contribution in [1.82, 2.24) is 4.57 Å². The van der Waals surface area contributed by atoms with Crippen molar-refractivity contribution in [2.75, 3.05) is 4.90 Å². The van der Waals surface area contributed by atoms with E-state index in [1.165, 1.54) is 110 Å². The number of benzene rings is 12. The minimum absolute atomic E-state index is 0.465. The summed E-state index contributed by atoms with van der Waals surface area (Å²) in [6.45, 7) is 0. The average Bonchev–Trinajstić information content (AvgIpc) is 4.03. The Bertz CT molecular complexity index is 4110. The molecule has 0 unspecified atom stereocenters. The van der Waals surface area contributed by atoms with Crippen LogP contribution in [0.3, 0.4) is 0 Å². The van der Waals surface area contributed by atoms with Crippen LogP contribution in [-0.4, -0.2) is 4.57 Å². The Morgan fingerprint density at radius 2 is 0.739 bits per heavy atom. The fourth-order valence-electron chi connectivity index (χ4n) is 12.6. The van der Waals surface area contributed by atoms with Gasteiger partial charge in [-0.3, -0.25) is 0 Å². The number of nitrogens with zero attached hydrogens (tertiary/aromatic N) is 2. The van der Waals surface area contributed by atoms with Gasteiger partial charge in [0.05, 0.1) is 22.1 Å². The molecule has 0 saturated heterocycles. The molecule has 15 rings (SSSR count). The molecule has 0 atom stereocenters. The Labute approximate surface area is 400 Å². The van der Waals surface area contributed by atoms with Gasteiger partial charge in [0.25, 0.3) is 0 Å². The molecule has 69 heavy (non-hydrogen) atoms. The summed E-state index contributed by atoms with van der Waals surface area (Å²) in [6, 6.07) is 94.9. The van der Waals surface area contributed by atoms with E-state index in [0.717, 1.165) is 22.7 Å². The summed E-state index contributed by atoms with van der Waals surface area (Å²) < 4.78 is 2.40. The number of anilines is 3. The summed E-state index contributed by atoms with van der Waals surface area (Å²) in [5, 5.41) is 10.0. The topological polar surface area (TPSA) is 8.17 Å². The standard InChI is InChI=1S/C67H42N2/c1-2-20-50-48(19-1)49-21-3-4-27-57(49)66-58(50)28-16-34-65(66)68(45-37-35-43(36-38-45)44-17-15-18-46(41-44)69-63-32-13-8-25-55(63)56-26-9-14-33-64(56)69)47-39-40-54-53-24-7-12-31-61(53)67(62(54)42-47)59-29-10-5-22-51(59)52-23-6-11-30-60(52)67/h1-42H. The van der Waals surface area contributed by atoms with Crippen molar-refractivity contribution in [3.05, 3.63) is 277 Å². The Kier molecular flexibility index (Phi) is 8.02. The van der Waals surface area contributed by atoms with Crippen molar-refractivity contribution in [1.29, 1.82) is 0 Å². The second-order valence-electron chi connectivity index (χ2n) is 18.7. The van der Waals surface area contributed by atoms with Crippen LogP contribution in [0, 0.1) is 0 Å². The quantitative estimate of drug-likeness (QED) is 0.156. The maximum Gasteiger partial charge on any atom is 0.0726 e. The number of aromatic nitrogens is 1. The van der Waals surface area contributed by atoms with Gasteiger partial charge in [-0.05, 0) is 137 Å². The lowest BCUT2D eigenvalue weighted by atomic mass is 9.70. The predicted octanol–water partition coefficient (Wildman–Crippen LogP) is 17.7. The number of fused-ring (bicyclic) bond motifs is 19. The maximum atomic E-state index is 2.52. The molecular formula is C67H42N2. The fraction of sp³-hybridized carbons (Fsp3) is 0.0149. The summed E-state index contributed by atoms with van der Waals surface area (Å²) in [5.41, 5.74) is 19.3. The third kappa shape index (κ3) is 5.26. The van der Waals surface area contributed by atoms with Gasteiger partial charge < -0.3 is 9.47 Å². The molecule has 1 aromatic heterocycles. The van der Waals surface area contributed by atoms with Crippen LogP contribution in [-0.2, 0) is 5.41 Å². The van der Waals surface area contributed by atoms with Crippen LogP contribution in [0.1, 0.15) is 22.3 Å². The minimum atomic E-state index is -0.465. The first-order valence-corrected chi connectivity index (χ1v) is 24.0. The number of hydrogen-bond donors (Lipinski definition) is 0. The Morgan fingerprint density at radius 1 is 0.290 bits per heavy atom. The molecule has 0 N–H and O–H groups in total. The van der Waals surface area contributed by atoms with E-state index in [2.05, 4.69) is 264 Å². The van der Waals surface area contributed by atoms with Gasteiger partial charge in [-0.1, -0.05) is 200 Å². The molecule has 1 heterocycles. The summed E-state index contributed by atoms with van der Waals surface area (Å²) in [5.74, 6) is 0. The molecule has 0 saturated carbocycles. The van der Waals surface area contributed by atoms with Crippen molar-refractivity contribution in [3.8, 4) is 39.1 Å². The van der Waals surface area contributed by atoms with Crippen LogP contribution in [0.15, 0.2) is 255 Å². The van der Waals surface area contributed by atoms with E-state index in [1.54, 1.807) is 0 Å². The van der Waals surface area contributed by atoms with Gasteiger partial charge in [0.1, 0.15) is 0 Å². The SMILES string of the molecule is c1cc(-c2ccc(N(c3ccc4c(c3)C3(c5ccccc5-c5ccccc53)c3ccccc3-4)c3cccc4c5ccccc5c5ccccc5c34)cc2)cc(-n2c3ccccc3c3ccccc32)c1. The van der Waals surface area contributed by atoms with E-state index in [-0.39, 0.29) is 0 Å². The lowest BCUT2D eigenvalue weighted by Crippen LogP contribution is -2.26. The van der Waals surface area contributed by atoms with Crippen molar-refractivity contribution >= 4 is 71.2 Å². The fourth-order valence-corrected chi connectivity index (χ4v) is 12.6. The normalized spacial score (nSPS) is 13.0. The first-order chi connectivity index (χ1) is 34.3. The average molecular weight is 875 g/mol. The molecule has 320 valence electrons. The second kappa shape index (κ2) is 14.5. The van der Waals surface area contributed by atoms with Gasteiger partial charge in [-0.2, -0.15) is 0 Å². The Morgan fingerprint density at radius 3 is 1.33 bits per heavy atom. The lowest BCUT2D eigenvalue weighted by molar-refractivity contribution is 0.793. The summed E-state index contributed by atoms with van der Waals surface area (Å²) >= 11 is 0. The molecule has 0 radical (unpaired) electrons. The molecular weight excluding hydrogens is 833 g/mol. The van der Waals surface area contributed by atoms with Gasteiger partial charge >= 0.3 is 0 Å². The summed E-state index contributed by atoms with van der Waals surface area (Å²) in [4.78, 5) is 2.52. The van der Waals surface area contributed by atoms with E-state index in [9.17, 15) is 0 Å². The first-order valence-electron chi connectivity index (χ1n) is 24.0. The largest absolute Gasteiger partial charge is 0.310 e. The third-order valence-electron chi connectivity index (χ3n) is 15.4. The van der Waals surface area contributed by atoms with E-state index in [1.807, 2.05) is 0 Å². The summed E-state index contributed by atoms with van der Waals surface area (Å²) in [6.07, 6.45) is 0. The highest BCUT2D eigenvalue weighted by atomic mass is 15.1. The van der Waals surface area contributed by atoms with Crippen molar-refractivity contribution < 1.29 is 0 Å². The molecule has 2 heteroatoms. The van der Waals surface area contributed by atoms with Crippen LogP contribution in [0.5, 0.6) is 0 Å². The molecule has 0 amide bonds. The van der Waals surface area contributed by atoms with Crippen LogP contribution < -0.4 is 4.90 Å². The zero-order valence-corrected chi connectivity index (χ0v) is 37.6. The van der Waals surface area contributed by atoms with Gasteiger partial charge in [0, 0.05) is 33.2 Å². The van der Waals surface area contributed by atoms with E-state index in [0.29, 0.717) is 0 Å². The van der Waals surface area contributed by atoms with Crippen LogP contribution >= 0.6 is 0 Å². The zero-order valence-electron chi connectivity index (χ0n) is 37.6. The molecule has 0 fully saturated rings. The maximum absolute atomic E-state index is 2.52. The van der Waals surface area contributed by atoms with Crippen molar-refractivity contribution in [2.24, 2.45) is 0 Å². The Hall–Kier alpha value is -8.98. The minimum Gasteiger partial charge on any atom is -0.310 e. The third-order valence-corrected chi connectivity index (χ3v) is 15.4. The summed E-state index contributed by atoms with van der Waals surface area (Å²) in [7, 11) is 0. The zero-order chi connectivity index (χ0) is 45.2. The van der Waals surface area contributed by atoms with E-state index in [4.69, 9.17) is 0 Å². The molecule has 13 aromatic rings. The molecule has 2 aliphatic rings. The second-order valence-corrected chi connectivity index (χ2v) is 18.7. The van der Waals surface area contributed by atoms with Crippen LogP contribution in [0.2, 0.25) is 0 Å². The molecule has 2 nitrogen and oxygen atoms in total. The predicted molar refractivity (Wildman–Crippen MR) is 290 cm³/mol.